The van der Waals surface area contributed by atoms with E-state index in [-0.39, 0.29) is 35.4 Å². The zero-order chi connectivity index (χ0) is 35.3. The predicted molar refractivity (Wildman–Crippen MR) is 202 cm³/mol. The monoisotopic (exact) mass is 617 g/mol. The molecule has 0 aliphatic rings. The van der Waals surface area contributed by atoms with E-state index >= 15 is 0 Å². The lowest BCUT2D eigenvalue weighted by Gasteiger charge is -2.28. The highest BCUT2D eigenvalue weighted by atomic mass is 16.3. The van der Waals surface area contributed by atoms with Crippen molar-refractivity contribution in [1.82, 2.24) is 0 Å². The molecule has 0 N–H and O–H groups in total. The summed E-state index contributed by atoms with van der Waals surface area (Å²) >= 11 is 0. The molecule has 8 aromatic carbocycles. The Bertz CT molecular complexity index is 2750. The van der Waals surface area contributed by atoms with Crippen molar-refractivity contribution in [2.24, 2.45) is 0 Å². The van der Waals surface area contributed by atoms with Gasteiger partial charge >= 0.3 is 0 Å². The first-order valence-electron chi connectivity index (χ1n) is 18.0. The SMILES string of the molecule is [2H]c1c([2H])c(N(c2ccc(-c3ccccc3)cc2)c2ccccc2-c2cccc3oc4c5ccccc5ccc4c23)c([2H])c([2H])c1-c1ccccc1. The number of nitrogens with zero attached hydrogens (tertiary/aromatic N) is 1. The molecule has 0 fully saturated rings. The minimum Gasteiger partial charge on any atom is -0.455 e. The van der Waals surface area contributed by atoms with Crippen molar-refractivity contribution < 1.29 is 9.90 Å². The Morgan fingerprint density at radius 3 is 1.81 bits per heavy atom. The Balaban J connectivity index is 1.31. The molecule has 0 saturated heterocycles. The van der Waals surface area contributed by atoms with Gasteiger partial charge in [0.2, 0.25) is 0 Å². The summed E-state index contributed by atoms with van der Waals surface area (Å²) in [6.07, 6.45) is 0. The first kappa shape index (κ1) is 23.9. The molecule has 2 nitrogen and oxygen atoms in total. The maximum atomic E-state index is 9.45. The molecule has 0 radical (unpaired) electrons. The van der Waals surface area contributed by atoms with E-state index in [4.69, 9.17) is 4.42 Å². The summed E-state index contributed by atoms with van der Waals surface area (Å²) in [4.78, 5) is 1.87. The van der Waals surface area contributed by atoms with E-state index in [1.807, 2.05) is 126 Å². The van der Waals surface area contributed by atoms with Crippen LogP contribution >= 0.6 is 0 Å². The molecule has 0 atom stereocenters. The van der Waals surface area contributed by atoms with E-state index in [2.05, 4.69) is 42.5 Å². The normalized spacial score (nSPS) is 12.5. The highest BCUT2D eigenvalue weighted by Crippen LogP contribution is 2.46. The molecule has 0 saturated carbocycles. The average molecular weight is 618 g/mol. The standard InChI is InChI=1S/C46H31NO/c1-3-12-32(13-4-1)34-22-27-37(28-23-34)47(38-29-24-35(25-30-38)33-14-5-2-6-15-33)43-20-10-9-18-40(43)41-19-11-21-44-45(41)42-31-26-36-16-7-8-17-39(36)46(42)48-44/h1-31H/i22D,23D,27D,28D. The Labute approximate surface area is 285 Å². The van der Waals surface area contributed by atoms with Gasteiger partial charge in [0.15, 0.2) is 0 Å². The van der Waals surface area contributed by atoms with Gasteiger partial charge in [0.25, 0.3) is 0 Å². The summed E-state index contributed by atoms with van der Waals surface area (Å²) in [5.74, 6) is 0. The van der Waals surface area contributed by atoms with Crippen molar-refractivity contribution in [3.8, 4) is 33.4 Å². The third-order valence-corrected chi connectivity index (χ3v) is 8.95. The predicted octanol–water partition coefficient (Wildman–Crippen LogP) is 13.2. The molecule has 9 rings (SSSR count). The lowest BCUT2D eigenvalue weighted by Crippen LogP contribution is -2.11. The van der Waals surface area contributed by atoms with Crippen LogP contribution in [0, 0.1) is 0 Å². The Hall–Kier alpha value is -6.38. The van der Waals surface area contributed by atoms with E-state index in [9.17, 15) is 5.48 Å². The topological polar surface area (TPSA) is 16.4 Å². The van der Waals surface area contributed by atoms with Crippen molar-refractivity contribution in [3.63, 3.8) is 0 Å². The first-order chi connectivity index (χ1) is 25.5. The van der Waals surface area contributed by atoms with Gasteiger partial charge in [0.05, 0.1) is 11.2 Å². The van der Waals surface area contributed by atoms with Crippen LogP contribution in [0.1, 0.15) is 5.48 Å². The lowest BCUT2D eigenvalue weighted by atomic mass is 9.96. The van der Waals surface area contributed by atoms with Gasteiger partial charge in [0.1, 0.15) is 11.2 Å². The van der Waals surface area contributed by atoms with Crippen molar-refractivity contribution in [2.75, 3.05) is 4.90 Å². The molecule has 0 bridgehead atoms. The van der Waals surface area contributed by atoms with Crippen LogP contribution in [-0.2, 0) is 0 Å². The minimum atomic E-state index is -0.125. The zero-order valence-corrected chi connectivity index (χ0v) is 25.9. The van der Waals surface area contributed by atoms with Gasteiger partial charge in [-0.2, -0.15) is 0 Å². The maximum Gasteiger partial charge on any atom is 0.143 e. The molecular formula is C46H31NO. The van der Waals surface area contributed by atoms with Crippen LogP contribution in [0.4, 0.5) is 17.1 Å². The van der Waals surface area contributed by atoms with Crippen LogP contribution < -0.4 is 4.90 Å². The molecule has 0 unspecified atom stereocenters. The summed E-state index contributed by atoms with van der Waals surface area (Å²) in [5, 5.41) is 4.10. The minimum absolute atomic E-state index is 0.0969. The molecular weight excluding hydrogens is 583 g/mol. The van der Waals surface area contributed by atoms with E-state index in [0.717, 1.165) is 55.0 Å². The number of hydrogen-bond donors (Lipinski definition) is 0. The molecule has 1 heterocycles. The average Bonchev–Trinajstić information content (AvgIpc) is 3.60. The van der Waals surface area contributed by atoms with E-state index in [0.29, 0.717) is 16.9 Å². The maximum absolute atomic E-state index is 9.45. The van der Waals surface area contributed by atoms with Crippen molar-refractivity contribution in [3.05, 3.63) is 188 Å². The molecule has 1 aromatic heterocycles. The van der Waals surface area contributed by atoms with Gasteiger partial charge in [-0.25, -0.2) is 0 Å². The van der Waals surface area contributed by atoms with Gasteiger partial charge in [-0.3, -0.25) is 0 Å². The van der Waals surface area contributed by atoms with Gasteiger partial charge in [-0.15, -0.1) is 0 Å². The third-order valence-electron chi connectivity index (χ3n) is 8.95. The number of para-hydroxylation sites is 1. The molecule has 0 amide bonds. The lowest BCUT2D eigenvalue weighted by molar-refractivity contribution is 0.673. The van der Waals surface area contributed by atoms with Crippen molar-refractivity contribution in [2.45, 2.75) is 0 Å². The molecule has 226 valence electrons. The Morgan fingerprint density at radius 2 is 1.04 bits per heavy atom. The summed E-state index contributed by atoms with van der Waals surface area (Å²) in [6.45, 7) is 0. The number of fused-ring (bicyclic) bond motifs is 5. The smallest absolute Gasteiger partial charge is 0.143 e. The molecule has 0 spiro atoms. The number of hydrogen-bond acceptors (Lipinski definition) is 2. The van der Waals surface area contributed by atoms with Gasteiger partial charge in [-0.1, -0.05) is 146 Å². The molecule has 2 heteroatoms. The summed E-state index contributed by atoms with van der Waals surface area (Å²) < 4.78 is 43.9. The highest BCUT2D eigenvalue weighted by molar-refractivity contribution is 6.19. The second kappa shape index (κ2) is 11.8. The Morgan fingerprint density at radius 1 is 0.417 bits per heavy atom. The van der Waals surface area contributed by atoms with Crippen molar-refractivity contribution >= 4 is 49.8 Å². The van der Waals surface area contributed by atoms with Crippen LogP contribution in [0.15, 0.2) is 192 Å². The van der Waals surface area contributed by atoms with E-state index in [1.54, 1.807) is 0 Å². The van der Waals surface area contributed by atoms with Gasteiger partial charge in [-0.05, 0) is 75.6 Å². The number of furan rings is 1. The third kappa shape index (κ3) is 4.83. The van der Waals surface area contributed by atoms with Crippen LogP contribution in [0.2, 0.25) is 0 Å². The van der Waals surface area contributed by atoms with Crippen LogP contribution in [0.25, 0.3) is 66.1 Å². The quantitative estimate of drug-likeness (QED) is 0.185. The largest absolute Gasteiger partial charge is 0.455 e. The van der Waals surface area contributed by atoms with Gasteiger partial charge in [0, 0.05) is 33.1 Å². The Kier molecular flexibility index (Phi) is 5.85. The summed E-state index contributed by atoms with van der Waals surface area (Å²) in [6, 6.07) is 53.4. The van der Waals surface area contributed by atoms with Crippen LogP contribution in [0.3, 0.4) is 0 Å². The number of rotatable bonds is 6. The number of anilines is 3. The van der Waals surface area contributed by atoms with Crippen molar-refractivity contribution in [1.29, 1.82) is 0 Å². The summed E-state index contributed by atoms with van der Waals surface area (Å²) in [7, 11) is 0. The van der Waals surface area contributed by atoms with Gasteiger partial charge < -0.3 is 9.32 Å². The molecule has 0 aliphatic carbocycles. The van der Waals surface area contributed by atoms with E-state index < -0.39 is 0 Å². The zero-order valence-electron chi connectivity index (χ0n) is 29.9. The second-order valence-electron chi connectivity index (χ2n) is 11.8. The fourth-order valence-corrected chi connectivity index (χ4v) is 6.66. The van der Waals surface area contributed by atoms with Crippen LogP contribution in [-0.4, -0.2) is 0 Å². The number of benzene rings is 8. The second-order valence-corrected chi connectivity index (χ2v) is 11.8. The summed E-state index contributed by atoms with van der Waals surface area (Å²) in [5.41, 5.74) is 7.97. The fourth-order valence-electron chi connectivity index (χ4n) is 6.66. The highest BCUT2D eigenvalue weighted by Gasteiger charge is 2.21. The molecule has 0 aliphatic heterocycles. The first-order valence-corrected chi connectivity index (χ1v) is 16.0. The molecule has 48 heavy (non-hydrogen) atoms. The van der Waals surface area contributed by atoms with E-state index in [1.165, 1.54) is 0 Å². The van der Waals surface area contributed by atoms with Crippen LogP contribution in [0.5, 0.6) is 0 Å². The molecule has 9 aromatic rings. The fraction of sp³-hybridized carbons (Fsp3) is 0.